The Bertz CT molecular complexity index is 642. The van der Waals surface area contributed by atoms with Crippen LogP contribution in [0.15, 0.2) is 47.9 Å². The fourth-order valence-corrected chi connectivity index (χ4v) is 2.54. The highest BCUT2D eigenvalue weighted by atomic mass is 32.2. The normalized spacial score (nSPS) is 11.7. The van der Waals surface area contributed by atoms with Gasteiger partial charge in [0.25, 0.3) is 0 Å². The number of aromatic nitrogens is 2. The number of hydrogen-bond donors (Lipinski definition) is 2. The summed E-state index contributed by atoms with van der Waals surface area (Å²) >= 11 is 1.30. The Morgan fingerprint density at radius 2 is 2.05 bits per heavy atom. The largest absolute Gasteiger partial charge is 0.334 e. The van der Waals surface area contributed by atoms with E-state index in [1.54, 1.807) is 19.3 Å². The number of urea groups is 1. The second-order valence-corrected chi connectivity index (χ2v) is 6.05. The lowest BCUT2D eigenvalue weighted by molar-refractivity contribution is -0.119. The molecule has 6 nitrogen and oxygen atoms in total. The molecule has 0 bridgehead atoms. The summed E-state index contributed by atoms with van der Waals surface area (Å²) in [6.45, 7) is 2.11. The second kappa shape index (κ2) is 7.65. The number of carbonyl (C=O) groups excluding carboxylic acids is 2. The van der Waals surface area contributed by atoms with Crippen LogP contribution in [0.1, 0.15) is 12.5 Å². The first-order valence-electron chi connectivity index (χ1n) is 6.83. The van der Waals surface area contributed by atoms with E-state index in [9.17, 15) is 9.59 Å². The number of nitrogens with one attached hydrogen (secondary N) is 2. The molecule has 2 rings (SSSR count). The van der Waals surface area contributed by atoms with Gasteiger partial charge in [0.15, 0.2) is 5.16 Å². The summed E-state index contributed by atoms with van der Waals surface area (Å²) in [5.74, 6) is -0.349. The molecule has 0 aliphatic heterocycles. The van der Waals surface area contributed by atoms with Crippen LogP contribution >= 0.6 is 11.8 Å². The highest BCUT2D eigenvalue weighted by Gasteiger charge is 2.18. The van der Waals surface area contributed by atoms with Crippen molar-refractivity contribution in [1.29, 1.82) is 0 Å². The molecule has 22 heavy (non-hydrogen) atoms. The van der Waals surface area contributed by atoms with Crippen LogP contribution in [0.4, 0.5) is 4.79 Å². The summed E-state index contributed by atoms with van der Waals surface area (Å²) in [7, 11) is 1.85. The fraction of sp³-hybridized carbons (Fsp3) is 0.267. The third-order valence-corrected chi connectivity index (χ3v) is 4.13. The summed E-state index contributed by atoms with van der Waals surface area (Å²) in [5, 5.41) is 5.30. The van der Waals surface area contributed by atoms with Crippen molar-refractivity contribution >= 4 is 23.7 Å². The third kappa shape index (κ3) is 4.63. The smallest absolute Gasteiger partial charge is 0.321 e. The summed E-state index contributed by atoms with van der Waals surface area (Å²) in [4.78, 5) is 27.8. The average Bonchev–Trinajstić information content (AvgIpc) is 2.91. The van der Waals surface area contributed by atoms with Gasteiger partial charge >= 0.3 is 6.03 Å². The van der Waals surface area contributed by atoms with Gasteiger partial charge in [0.1, 0.15) is 0 Å². The van der Waals surface area contributed by atoms with Crippen LogP contribution < -0.4 is 10.6 Å². The lowest BCUT2D eigenvalue weighted by atomic mass is 10.2. The molecule has 2 N–H and O–H groups in total. The number of thioether (sulfide) groups is 1. The first-order valence-corrected chi connectivity index (χ1v) is 7.71. The van der Waals surface area contributed by atoms with E-state index in [2.05, 4.69) is 15.6 Å². The van der Waals surface area contributed by atoms with Gasteiger partial charge in [-0.1, -0.05) is 42.1 Å². The molecule has 1 aromatic heterocycles. The van der Waals surface area contributed by atoms with Gasteiger partial charge in [0.2, 0.25) is 5.91 Å². The van der Waals surface area contributed by atoms with Crippen molar-refractivity contribution in [1.82, 2.24) is 20.2 Å². The molecule has 0 spiro atoms. The van der Waals surface area contributed by atoms with E-state index >= 15 is 0 Å². The Balaban J connectivity index is 1.78. The Kier molecular flexibility index (Phi) is 5.60. The molecule has 2 aromatic rings. The average molecular weight is 318 g/mol. The molecule has 116 valence electrons. The first kappa shape index (κ1) is 16.1. The Hall–Kier alpha value is -2.28. The Morgan fingerprint density at radius 1 is 1.32 bits per heavy atom. The number of aryl methyl sites for hydroxylation is 1. The zero-order chi connectivity index (χ0) is 15.9. The van der Waals surface area contributed by atoms with Crippen LogP contribution in [-0.4, -0.2) is 26.7 Å². The molecule has 1 atom stereocenters. The molecule has 1 unspecified atom stereocenters. The highest BCUT2D eigenvalue weighted by Crippen LogP contribution is 2.20. The SMILES string of the molecule is CC(Sc1nccn1C)C(=O)NC(=O)NCc1ccccc1. The number of imide groups is 1. The van der Waals surface area contributed by atoms with Gasteiger partial charge in [0.05, 0.1) is 5.25 Å². The van der Waals surface area contributed by atoms with Crippen LogP contribution in [0.5, 0.6) is 0 Å². The zero-order valence-electron chi connectivity index (χ0n) is 12.4. The highest BCUT2D eigenvalue weighted by molar-refractivity contribution is 8.00. The summed E-state index contributed by atoms with van der Waals surface area (Å²) in [6.07, 6.45) is 3.47. The summed E-state index contributed by atoms with van der Waals surface area (Å²) in [5.41, 5.74) is 0.973. The maximum atomic E-state index is 12.0. The molecule has 1 aromatic carbocycles. The molecule has 0 saturated carbocycles. The molecule has 0 radical (unpaired) electrons. The third-order valence-electron chi connectivity index (χ3n) is 2.96. The van der Waals surface area contributed by atoms with E-state index < -0.39 is 11.3 Å². The molecule has 0 saturated heterocycles. The van der Waals surface area contributed by atoms with Crippen molar-refractivity contribution < 1.29 is 9.59 Å². The molecule has 0 aliphatic rings. The molecule has 0 aliphatic carbocycles. The number of hydrogen-bond acceptors (Lipinski definition) is 4. The van der Waals surface area contributed by atoms with Crippen LogP contribution in [0.2, 0.25) is 0 Å². The quantitative estimate of drug-likeness (QED) is 0.826. The molecule has 7 heteroatoms. The van der Waals surface area contributed by atoms with Crippen molar-refractivity contribution in [3.05, 3.63) is 48.3 Å². The lowest BCUT2D eigenvalue weighted by Crippen LogP contribution is -2.42. The summed E-state index contributed by atoms with van der Waals surface area (Å²) in [6, 6.07) is 9.01. The lowest BCUT2D eigenvalue weighted by Gasteiger charge is -2.11. The molecule has 1 heterocycles. The monoisotopic (exact) mass is 318 g/mol. The summed E-state index contributed by atoms with van der Waals surface area (Å²) < 4.78 is 1.82. The van der Waals surface area contributed by atoms with Crippen molar-refractivity contribution in [3.63, 3.8) is 0 Å². The minimum atomic E-state index is -0.499. The van der Waals surface area contributed by atoms with E-state index in [-0.39, 0.29) is 5.91 Å². The van der Waals surface area contributed by atoms with Crippen molar-refractivity contribution in [2.75, 3.05) is 0 Å². The first-order chi connectivity index (χ1) is 10.6. The topological polar surface area (TPSA) is 76.0 Å². The van der Waals surface area contributed by atoms with Crippen molar-refractivity contribution in [2.24, 2.45) is 7.05 Å². The van der Waals surface area contributed by atoms with Gasteiger partial charge in [-0.3, -0.25) is 10.1 Å². The van der Waals surface area contributed by atoms with E-state index in [1.165, 1.54) is 11.8 Å². The number of imidazole rings is 1. The zero-order valence-corrected chi connectivity index (χ0v) is 13.3. The van der Waals surface area contributed by atoms with Gasteiger partial charge in [0, 0.05) is 26.0 Å². The number of benzene rings is 1. The van der Waals surface area contributed by atoms with Gasteiger partial charge in [-0.05, 0) is 12.5 Å². The van der Waals surface area contributed by atoms with Gasteiger partial charge in [-0.25, -0.2) is 9.78 Å². The number of rotatable bonds is 5. The maximum Gasteiger partial charge on any atom is 0.321 e. The van der Waals surface area contributed by atoms with E-state index in [4.69, 9.17) is 0 Å². The van der Waals surface area contributed by atoms with Gasteiger partial charge in [-0.2, -0.15) is 0 Å². The number of carbonyl (C=O) groups is 2. The fourth-order valence-electron chi connectivity index (χ4n) is 1.71. The Morgan fingerprint density at radius 3 is 2.68 bits per heavy atom. The molecule has 3 amide bonds. The minimum absolute atomic E-state index is 0.349. The number of nitrogens with zero attached hydrogens (tertiary/aromatic N) is 2. The van der Waals surface area contributed by atoms with Gasteiger partial charge < -0.3 is 9.88 Å². The predicted octanol–water partition coefficient (Wildman–Crippen LogP) is 1.93. The van der Waals surface area contributed by atoms with Crippen molar-refractivity contribution in [3.8, 4) is 0 Å². The molecular weight excluding hydrogens is 300 g/mol. The number of amides is 3. The van der Waals surface area contributed by atoms with Crippen LogP contribution in [0.3, 0.4) is 0 Å². The van der Waals surface area contributed by atoms with Crippen LogP contribution in [0, 0.1) is 0 Å². The standard InChI is InChI=1S/C15H18N4O2S/c1-11(22-15-16-8-9-19(15)2)13(20)18-14(21)17-10-12-6-4-3-5-7-12/h3-9,11H,10H2,1-2H3,(H2,17,18,20,21). The van der Waals surface area contributed by atoms with E-state index in [0.29, 0.717) is 6.54 Å². The maximum absolute atomic E-state index is 12.0. The Labute approximate surface area is 133 Å². The predicted molar refractivity (Wildman–Crippen MR) is 85.3 cm³/mol. The van der Waals surface area contributed by atoms with E-state index in [1.807, 2.05) is 41.9 Å². The van der Waals surface area contributed by atoms with Crippen molar-refractivity contribution in [2.45, 2.75) is 23.9 Å². The van der Waals surface area contributed by atoms with Crippen LogP contribution in [0.25, 0.3) is 0 Å². The molecule has 0 fully saturated rings. The van der Waals surface area contributed by atoms with E-state index in [0.717, 1.165) is 10.7 Å². The van der Waals surface area contributed by atoms with Crippen LogP contribution in [-0.2, 0) is 18.4 Å². The van der Waals surface area contributed by atoms with Gasteiger partial charge in [-0.15, -0.1) is 0 Å². The molecular formula is C15H18N4O2S. The second-order valence-electron chi connectivity index (χ2n) is 4.74. The minimum Gasteiger partial charge on any atom is -0.334 e.